The molecule has 0 unspecified atom stereocenters. The molecule has 3 heterocycles. The lowest BCUT2D eigenvalue weighted by atomic mass is 9.96. The third-order valence-corrected chi connectivity index (χ3v) is 6.62. The van der Waals surface area contributed by atoms with Crippen LogP contribution in [0.15, 0.2) is 29.3 Å². The van der Waals surface area contributed by atoms with Crippen LogP contribution in [0.25, 0.3) is 10.9 Å². The van der Waals surface area contributed by atoms with E-state index in [1.165, 1.54) is 4.88 Å². The molecule has 3 aromatic rings. The lowest BCUT2D eigenvalue weighted by Gasteiger charge is -2.31. The summed E-state index contributed by atoms with van der Waals surface area (Å²) in [7, 11) is 1.62. The predicted molar refractivity (Wildman–Crippen MR) is 112 cm³/mol. The summed E-state index contributed by atoms with van der Waals surface area (Å²) in [4.78, 5) is 25.7. The monoisotopic (exact) mass is 398 g/mol. The zero-order valence-electron chi connectivity index (χ0n) is 16.6. The molecule has 4 rings (SSSR count). The molecule has 2 aromatic heterocycles. The Balaban J connectivity index is 1.40. The zero-order valence-corrected chi connectivity index (χ0v) is 17.5. The number of aromatic nitrogens is 3. The van der Waals surface area contributed by atoms with E-state index in [0.717, 1.165) is 55.5 Å². The van der Waals surface area contributed by atoms with Gasteiger partial charge in [-0.05, 0) is 57.8 Å². The number of fused-ring (bicyclic) bond motifs is 1. The van der Waals surface area contributed by atoms with E-state index in [4.69, 9.17) is 4.74 Å². The first kappa shape index (κ1) is 19.1. The molecule has 1 fully saturated rings. The van der Waals surface area contributed by atoms with Crippen molar-refractivity contribution in [1.29, 1.82) is 0 Å². The molecular weight excluding hydrogens is 372 g/mol. The van der Waals surface area contributed by atoms with Crippen molar-refractivity contribution in [2.75, 3.05) is 20.2 Å². The molecule has 0 bridgehead atoms. The maximum absolute atomic E-state index is 12.8. The first-order chi connectivity index (χ1) is 13.5. The van der Waals surface area contributed by atoms with Crippen LogP contribution >= 0.6 is 11.3 Å². The van der Waals surface area contributed by atoms with E-state index < -0.39 is 0 Å². The van der Waals surface area contributed by atoms with E-state index in [2.05, 4.69) is 28.7 Å². The van der Waals surface area contributed by atoms with Gasteiger partial charge in [-0.25, -0.2) is 9.97 Å². The summed E-state index contributed by atoms with van der Waals surface area (Å²) in [6.07, 6.45) is 3.88. The highest BCUT2D eigenvalue weighted by atomic mass is 32.1. The second kappa shape index (κ2) is 8.01. The van der Waals surface area contributed by atoms with Crippen molar-refractivity contribution in [1.82, 2.24) is 19.4 Å². The van der Waals surface area contributed by atoms with Gasteiger partial charge in [0.15, 0.2) is 0 Å². The molecule has 1 saturated heterocycles. The zero-order chi connectivity index (χ0) is 19.7. The fourth-order valence-corrected chi connectivity index (χ4v) is 4.90. The summed E-state index contributed by atoms with van der Waals surface area (Å²) in [5, 5.41) is 1.79. The molecule has 0 radical (unpaired) electrons. The van der Waals surface area contributed by atoms with E-state index >= 15 is 0 Å². The largest absolute Gasteiger partial charge is 0.497 e. The van der Waals surface area contributed by atoms with Crippen molar-refractivity contribution in [2.24, 2.45) is 5.92 Å². The van der Waals surface area contributed by atoms with E-state index in [0.29, 0.717) is 16.8 Å². The number of thiazole rings is 1. The van der Waals surface area contributed by atoms with Crippen molar-refractivity contribution >= 4 is 22.2 Å². The molecule has 1 aliphatic heterocycles. The van der Waals surface area contributed by atoms with Gasteiger partial charge >= 0.3 is 0 Å². The number of likely N-dealkylation sites (tertiary alicyclic amines) is 1. The number of piperidine rings is 1. The Bertz CT molecular complexity index is 1030. The molecule has 0 atom stereocenters. The Morgan fingerprint density at radius 2 is 2.04 bits per heavy atom. The van der Waals surface area contributed by atoms with Crippen LogP contribution in [-0.4, -0.2) is 39.6 Å². The van der Waals surface area contributed by atoms with Gasteiger partial charge in [0.2, 0.25) is 0 Å². The van der Waals surface area contributed by atoms with Crippen molar-refractivity contribution in [3.05, 3.63) is 50.5 Å². The molecule has 7 heteroatoms. The average molecular weight is 399 g/mol. The number of aryl methyl sites for hydroxylation is 2. The highest BCUT2D eigenvalue weighted by Gasteiger charge is 2.21. The first-order valence-corrected chi connectivity index (χ1v) is 10.5. The highest BCUT2D eigenvalue weighted by Crippen LogP contribution is 2.24. The smallest absolute Gasteiger partial charge is 0.261 e. The van der Waals surface area contributed by atoms with Gasteiger partial charge < -0.3 is 4.74 Å². The van der Waals surface area contributed by atoms with Crippen molar-refractivity contribution in [3.8, 4) is 5.75 Å². The van der Waals surface area contributed by atoms with Gasteiger partial charge in [0, 0.05) is 24.0 Å². The van der Waals surface area contributed by atoms with Crippen molar-refractivity contribution < 1.29 is 4.74 Å². The summed E-state index contributed by atoms with van der Waals surface area (Å²) >= 11 is 1.80. The Morgan fingerprint density at radius 3 is 2.71 bits per heavy atom. The Labute approximate surface area is 168 Å². The van der Waals surface area contributed by atoms with Crippen molar-refractivity contribution in [3.63, 3.8) is 0 Å². The van der Waals surface area contributed by atoms with Crippen LogP contribution in [0.4, 0.5) is 0 Å². The van der Waals surface area contributed by atoms with Gasteiger partial charge in [-0.1, -0.05) is 0 Å². The van der Waals surface area contributed by atoms with Gasteiger partial charge in [-0.3, -0.25) is 14.3 Å². The van der Waals surface area contributed by atoms with Gasteiger partial charge in [0.1, 0.15) is 5.75 Å². The quantitative estimate of drug-likeness (QED) is 0.659. The summed E-state index contributed by atoms with van der Waals surface area (Å²) in [5.74, 6) is 1.23. The Kier molecular flexibility index (Phi) is 5.46. The second-order valence-electron chi connectivity index (χ2n) is 7.55. The summed E-state index contributed by atoms with van der Waals surface area (Å²) in [6.45, 7) is 8.02. The number of benzene rings is 1. The molecule has 0 aliphatic carbocycles. The number of rotatable bonds is 5. The van der Waals surface area contributed by atoms with Gasteiger partial charge in [-0.15, -0.1) is 11.3 Å². The highest BCUT2D eigenvalue weighted by molar-refractivity contribution is 7.11. The van der Waals surface area contributed by atoms with Crippen LogP contribution in [0.5, 0.6) is 5.75 Å². The lowest BCUT2D eigenvalue weighted by molar-refractivity contribution is 0.167. The summed E-state index contributed by atoms with van der Waals surface area (Å²) < 4.78 is 6.99. The normalized spacial score (nSPS) is 16.0. The van der Waals surface area contributed by atoms with Crippen LogP contribution in [0.1, 0.15) is 28.4 Å². The number of methoxy groups -OCH3 is 1. The second-order valence-corrected chi connectivity index (χ2v) is 8.83. The van der Waals surface area contributed by atoms with Gasteiger partial charge in [0.05, 0.1) is 35.0 Å². The third kappa shape index (κ3) is 3.95. The SMILES string of the molecule is COc1ccc2c(=O)n(CC3CCN(Cc4sc(C)nc4C)CC3)cnc2c1. The van der Waals surface area contributed by atoms with Crippen LogP contribution in [0, 0.1) is 19.8 Å². The molecule has 0 spiro atoms. The van der Waals surface area contributed by atoms with Gasteiger partial charge in [0.25, 0.3) is 5.56 Å². The van der Waals surface area contributed by atoms with E-state index in [1.54, 1.807) is 29.3 Å². The maximum atomic E-state index is 12.8. The Hall–Kier alpha value is -2.25. The average Bonchev–Trinajstić information content (AvgIpc) is 3.02. The predicted octanol–water partition coefficient (Wildman–Crippen LogP) is 3.39. The first-order valence-electron chi connectivity index (χ1n) is 9.72. The van der Waals surface area contributed by atoms with Crippen molar-refractivity contribution in [2.45, 2.75) is 39.8 Å². The maximum Gasteiger partial charge on any atom is 0.261 e. The van der Waals surface area contributed by atoms with E-state index in [9.17, 15) is 4.79 Å². The molecule has 1 aromatic carbocycles. The van der Waals surface area contributed by atoms with Gasteiger partial charge in [-0.2, -0.15) is 0 Å². The standard InChI is InChI=1S/C21H26N4O2S/c1-14-20(28-15(2)23-14)12-24-8-6-16(7-9-24)11-25-13-22-19-10-17(27-3)4-5-18(19)21(25)26/h4-5,10,13,16H,6-9,11-12H2,1-3H3. The number of hydrogen-bond acceptors (Lipinski definition) is 6. The molecular formula is C21H26N4O2S. The topological polar surface area (TPSA) is 60.2 Å². The molecule has 1 aliphatic rings. The van der Waals surface area contributed by atoms with E-state index in [1.807, 2.05) is 18.2 Å². The lowest BCUT2D eigenvalue weighted by Crippen LogP contribution is -2.36. The van der Waals surface area contributed by atoms with E-state index in [-0.39, 0.29) is 5.56 Å². The summed E-state index contributed by atoms with van der Waals surface area (Å²) in [5.41, 5.74) is 1.88. The minimum Gasteiger partial charge on any atom is -0.497 e. The third-order valence-electron chi connectivity index (χ3n) is 5.56. The fourth-order valence-electron chi connectivity index (χ4n) is 3.92. The number of ether oxygens (including phenoxy) is 1. The van der Waals surface area contributed by atoms with Crippen LogP contribution in [0.3, 0.4) is 0 Å². The molecule has 28 heavy (non-hydrogen) atoms. The minimum atomic E-state index is 0.0332. The molecule has 148 valence electrons. The van der Waals surface area contributed by atoms with Crippen LogP contribution in [0.2, 0.25) is 0 Å². The Morgan fingerprint density at radius 1 is 1.25 bits per heavy atom. The molecule has 0 N–H and O–H groups in total. The fraction of sp³-hybridized carbons (Fsp3) is 0.476. The molecule has 0 amide bonds. The molecule has 0 saturated carbocycles. The number of nitrogens with zero attached hydrogens (tertiary/aromatic N) is 4. The number of hydrogen-bond donors (Lipinski definition) is 0. The van der Waals surface area contributed by atoms with Crippen LogP contribution in [-0.2, 0) is 13.1 Å². The summed E-state index contributed by atoms with van der Waals surface area (Å²) in [6, 6.07) is 5.43. The molecule has 6 nitrogen and oxygen atoms in total. The minimum absolute atomic E-state index is 0.0332. The van der Waals surface area contributed by atoms with Crippen LogP contribution < -0.4 is 10.3 Å².